The van der Waals surface area contributed by atoms with E-state index in [0.717, 1.165) is 10.5 Å². The third-order valence-corrected chi connectivity index (χ3v) is 10.0. The van der Waals surface area contributed by atoms with Gasteiger partial charge in [-0.25, -0.2) is 4.68 Å². The highest BCUT2D eigenvalue weighted by Gasteiger charge is 2.26. The maximum atomic E-state index is 14.0. The van der Waals surface area contributed by atoms with Crippen LogP contribution in [0.25, 0.3) is 11.8 Å². The third kappa shape index (κ3) is 8.72. The Morgan fingerprint density at radius 1 is 0.745 bits per heavy atom. The van der Waals surface area contributed by atoms with Gasteiger partial charge in [-0.15, -0.1) is 11.8 Å². The number of benzene rings is 5. The number of nitrogens with zero attached hydrogens (tertiary/aromatic N) is 2. The van der Waals surface area contributed by atoms with Crippen molar-refractivity contribution in [3.8, 4) is 17.2 Å². The molecule has 0 saturated carbocycles. The smallest absolute Gasteiger partial charge is 0.295 e. The van der Waals surface area contributed by atoms with E-state index in [1.807, 2.05) is 60.7 Å². The predicted molar refractivity (Wildman–Crippen MR) is 216 cm³/mol. The molecule has 0 fully saturated rings. The van der Waals surface area contributed by atoms with Gasteiger partial charge in [-0.1, -0.05) is 78.9 Å². The largest absolute Gasteiger partial charge is 0.493 e. The molecule has 0 saturated heterocycles. The lowest BCUT2D eigenvalue weighted by Gasteiger charge is -2.17. The number of nitrogens with one attached hydrogen (secondary N) is 3. The number of hydrogen-bond acceptors (Lipinski definition) is 7. The first-order valence-electron chi connectivity index (χ1n) is 17.3. The van der Waals surface area contributed by atoms with Crippen molar-refractivity contribution in [1.29, 1.82) is 0 Å². The molecule has 12 heteroatoms. The minimum absolute atomic E-state index is 0.0257. The fraction of sp³-hybridized carbons (Fsp3) is 0.116. The summed E-state index contributed by atoms with van der Waals surface area (Å²) in [5.41, 5.74) is 3.22. The molecule has 3 amide bonds. The van der Waals surface area contributed by atoms with Gasteiger partial charge in [-0.3, -0.25) is 23.9 Å². The molecule has 0 spiro atoms. The summed E-state index contributed by atoms with van der Waals surface area (Å²) >= 11 is 1.30. The molecule has 6 aromatic rings. The Bertz CT molecular complexity index is 2390. The molecule has 1 aromatic heterocycles. The minimum Gasteiger partial charge on any atom is -0.493 e. The van der Waals surface area contributed by atoms with Gasteiger partial charge in [0.2, 0.25) is 5.91 Å². The second-order valence-electron chi connectivity index (χ2n) is 12.3. The van der Waals surface area contributed by atoms with Crippen molar-refractivity contribution in [2.24, 2.45) is 7.05 Å². The zero-order chi connectivity index (χ0) is 38.9. The Morgan fingerprint density at radius 2 is 1.38 bits per heavy atom. The van der Waals surface area contributed by atoms with E-state index < -0.39 is 17.1 Å². The summed E-state index contributed by atoms with van der Waals surface area (Å²) in [7, 11) is 4.78. The van der Waals surface area contributed by atoms with Crippen molar-refractivity contribution >= 4 is 46.9 Å². The number of rotatable bonds is 13. The summed E-state index contributed by atoms with van der Waals surface area (Å²) < 4.78 is 14.2. The van der Waals surface area contributed by atoms with Crippen molar-refractivity contribution in [3.63, 3.8) is 0 Å². The normalized spacial score (nSPS) is 11.7. The molecule has 6 rings (SSSR count). The number of anilines is 2. The lowest BCUT2D eigenvalue weighted by Crippen LogP contribution is -2.30. The monoisotopic (exact) mass is 753 g/mol. The average Bonchev–Trinajstić information content (AvgIpc) is 3.43. The van der Waals surface area contributed by atoms with Crippen molar-refractivity contribution in [3.05, 3.63) is 172 Å². The zero-order valence-electron chi connectivity index (χ0n) is 30.6. The molecular weight excluding hydrogens is 715 g/mol. The fourth-order valence-corrected chi connectivity index (χ4v) is 6.90. The van der Waals surface area contributed by atoms with Gasteiger partial charge in [0.25, 0.3) is 17.4 Å². The Balaban J connectivity index is 1.23. The van der Waals surface area contributed by atoms with Crippen LogP contribution in [0.3, 0.4) is 0 Å². The maximum Gasteiger partial charge on any atom is 0.295 e. The van der Waals surface area contributed by atoms with Gasteiger partial charge in [0, 0.05) is 28.8 Å². The second kappa shape index (κ2) is 17.4. The molecule has 0 bridgehead atoms. The first-order chi connectivity index (χ1) is 26.7. The number of aromatic nitrogens is 2. The van der Waals surface area contributed by atoms with E-state index in [1.165, 1.54) is 36.7 Å². The number of ether oxygens (including phenoxy) is 2. The number of methoxy groups -OCH3 is 2. The van der Waals surface area contributed by atoms with Gasteiger partial charge >= 0.3 is 0 Å². The summed E-state index contributed by atoms with van der Waals surface area (Å²) in [5, 5.41) is 7.80. The fourth-order valence-electron chi connectivity index (χ4n) is 5.88. The van der Waals surface area contributed by atoms with Crippen LogP contribution in [0.5, 0.6) is 11.5 Å². The van der Waals surface area contributed by atoms with E-state index in [4.69, 9.17) is 9.47 Å². The highest BCUT2D eigenvalue weighted by atomic mass is 32.2. The number of thioether (sulfide) groups is 1. The van der Waals surface area contributed by atoms with Crippen LogP contribution in [0.2, 0.25) is 0 Å². The van der Waals surface area contributed by atoms with Crippen LogP contribution in [0.1, 0.15) is 32.4 Å². The van der Waals surface area contributed by atoms with Crippen molar-refractivity contribution < 1.29 is 23.9 Å². The van der Waals surface area contributed by atoms with E-state index in [9.17, 15) is 19.2 Å². The van der Waals surface area contributed by atoms with E-state index in [1.54, 1.807) is 91.4 Å². The van der Waals surface area contributed by atoms with Crippen LogP contribution in [0.15, 0.2) is 149 Å². The van der Waals surface area contributed by atoms with Gasteiger partial charge in [-0.05, 0) is 73.2 Å². The van der Waals surface area contributed by atoms with E-state index >= 15 is 0 Å². The zero-order valence-corrected chi connectivity index (χ0v) is 31.4. The number of amides is 3. The summed E-state index contributed by atoms with van der Waals surface area (Å²) in [5.74, 6) is -0.548. The standard InChI is InChI=1S/C43H39N5O6S/c1-28-37(43(52)48(47(28)2)33-20-12-7-13-21-33)46-42(51)39(29-15-8-5-9-16-29)55-34-25-23-32(24-26-34)44-41(50)35(45-40(49)30-17-10-6-11-18-30)27-31-19-14-22-36(53-3)38(31)54-4/h5-27,39H,1-4H3,(H,44,50)(H,45,49)(H,46,51)/b35-27-. The van der Waals surface area contributed by atoms with Gasteiger partial charge in [0.15, 0.2) is 11.5 Å². The molecule has 1 atom stereocenters. The molecule has 55 heavy (non-hydrogen) atoms. The first-order valence-corrected chi connectivity index (χ1v) is 18.1. The van der Waals surface area contributed by atoms with Crippen molar-refractivity contribution in [2.45, 2.75) is 17.1 Å². The molecule has 1 unspecified atom stereocenters. The number of carbonyl (C=O) groups is 3. The molecule has 0 aliphatic rings. The highest BCUT2D eigenvalue weighted by Crippen LogP contribution is 2.37. The topological polar surface area (TPSA) is 133 Å². The molecule has 278 valence electrons. The third-order valence-electron chi connectivity index (χ3n) is 8.77. The van der Waals surface area contributed by atoms with E-state index in [0.29, 0.717) is 39.7 Å². The molecule has 0 aliphatic carbocycles. The quantitative estimate of drug-likeness (QED) is 0.0828. The maximum absolute atomic E-state index is 14.0. The van der Waals surface area contributed by atoms with E-state index in [-0.39, 0.29) is 22.9 Å². The van der Waals surface area contributed by atoms with Gasteiger partial charge in [0.1, 0.15) is 16.6 Å². The van der Waals surface area contributed by atoms with Crippen LogP contribution < -0.4 is 31.0 Å². The van der Waals surface area contributed by atoms with Crippen molar-refractivity contribution in [1.82, 2.24) is 14.7 Å². The average molecular weight is 754 g/mol. The van der Waals surface area contributed by atoms with Crippen LogP contribution >= 0.6 is 11.8 Å². The lowest BCUT2D eigenvalue weighted by molar-refractivity contribution is -0.116. The number of para-hydroxylation sites is 2. The summed E-state index contributed by atoms with van der Waals surface area (Å²) in [4.78, 5) is 55.3. The Hall–Kier alpha value is -6.79. The van der Waals surface area contributed by atoms with Crippen molar-refractivity contribution in [2.75, 3.05) is 24.9 Å². The molecular formula is C43H39N5O6S. The molecule has 1 heterocycles. The lowest BCUT2D eigenvalue weighted by atomic mass is 10.1. The van der Waals surface area contributed by atoms with Gasteiger partial charge in [0.05, 0.1) is 25.6 Å². The minimum atomic E-state index is -0.716. The summed E-state index contributed by atoms with van der Waals surface area (Å²) in [6, 6.07) is 39.3. The van der Waals surface area contributed by atoms with Crippen LogP contribution in [-0.2, 0) is 16.6 Å². The first kappa shape index (κ1) is 38.0. The molecule has 5 aromatic carbocycles. The molecule has 0 radical (unpaired) electrons. The number of hydrogen-bond donors (Lipinski definition) is 3. The van der Waals surface area contributed by atoms with Gasteiger partial charge in [-0.2, -0.15) is 0 Å². The van der Waals surface area contributed by atoms with Crippen LogP contribution in [-0.4, -0.2) is 41.3 Å². The summed E-state index contributed by atoms with van der Waals surface area (Å²) in [6.45, 7) is 1.79. The molecule has 11 nitrogen and oxygen atoms in total. The Kier molecular flexibility index (Phi) is 12.0. The summed E-state index contributed by atoms with van der Waals surface area (Å²) in [6.07, 6.45) is 1.52. The van der Waals surface area contributed by atoms with E-state index in [2.05, 4.69) is 16.0 Å². The van der Waals surface area contributed by atoms with Crippen LogP contribution in [0, 0.1) is 6.92 Å². The highest BCUT2D eigenvalue weighted by molar-refractivity contribution is 8.00. The second-order valence-corrected chi connectivity index (χ2v) is 13.5. The SMILES string of the molecule is COc1cccc(/C=C(\NC(=O)c2ccccc2)C(=O)Nc2ccc(SC(C(=O)Nc3c(C)n(C)n(-c4ccccc4)c3=O)c3ccccc3)cc2)c1OC. The Labute approximate surface area is 322 Å². The predicted octanol–water partition coefficient (Wildman–Crippen LogP) is 7.38. The Morgan fingerprint density at radius 3 is 2.02 bits per heavy atom. The molecule has 0 aliphatic heterocycles. The van der Waals surface area contributed by atoms with Gasteiger partial charge < -0.3 is 25.4 Å². The molecule has 3 N–H and O–H groups in total. The van der Waals surface area contributed by atoms with Crippen LogP contribution in [0.4, 0.5) is 11.4 Å². The number of carbonyl (C=O) groups excluding carboxylic acids is 3.